The SMILES string of the molecule is Cc1csc(SCC2=C(C(=O)O)N3C(=O)[C@@H](NC(=O)Cc4cccs4)[C@H]3SC2)n1. The highest BCUT2D eigenvalue weighted by atomic mass is 32.2. The van der Waals surface area contributed by atoms with Gasteiger partial charge in [0.2, 0.25) is 5.91 Å². The minimum Gasteiger partial charge on any atom is -0.477 e. The predicted octanol–water partition coefficient (Wildman–Crippen LogP) is 2.59. The molecule has 2 amide bonds. The van der Waals surface area contributed by atoms with E-state index in [0.717, 1.165) is 14.9 Å². The first-order valence-corrected chi connectivity index (χ1v) is 12.5. The monoisotopic (exact) mass is 467 g/mol. The third-order valence-corrected chi connectivity index (χ3v) is 8.89. The van der Waals surface area contributed by atoms with Crippen molar-refractivity contribution < 1.29 is 19.5 Å². The second-order valence-electron chi connectivity index (χ2n) is 6.51. The van der Waals surface area contributed by atoms with Gasteiger partial charge in [-0.2, -0.15) is 0 Å². The summed E-state index contributed by atoms with van der Waals surface area (Å²) in [5.41, 5.74) is 1.68. The van der Waals surface area contributed by atoms with E-state index in [9.17, 15) is 19.5 Å². The van der Waals surface area contributed by atoms with E-state index in [-0.39, 0.29) is 29.3 Å². The first kappa shape index (κ1) is 20.5. The molecule has 4 heterocycles. The average Bonchev–Trinajstić information content (AvgIpc) is 3.35. The Bertz CT molecular complexity index is 985. The number of carboxylic acid groups (broad SMARTS) is 1. The lowest BCUT2D eigenvalue weighted by Gasteiger charge is -2.49. The number of aromatic nitrogens is 1. The number of thiophene rings is 1. The highest BCUT2D eigenvalue weighted by Crippen LogP contribution is 2.41. The summed E-state index contributed by atoms with van der Waals surface area (Å²) in [6.45, 7) is 1.91. The molecule has 152 valence electrons. The summed E-state index contributed by atoms with van der Waals surface area (Å²) in [5.74, 6) is -0.741. The van der Waals surface area contributed by atoms with Gasteiger partial charge in [0.05, 0.1) is 6.42 Å². The van der Waals surface area contributed by atoms with Crippen LogP contribution in [-0.2, 0) is 20.8 Å². The van der Waals surface area contributed by atoms with E-state index in [1.807, 2.05) is 29.8 Å². The van der Waals surface area contributed by atoms with Gasteiger partial charge in [-0.1, -0.05) is 17.8 Å². The summed E-state index contributed by atoms with van der Waals surface area (Å²) in [6.07, 6.45) is 0.218. The van der Waals surface area contributed by atoms with Gasteiger partial charge < -0.3 is 10.4 Å². The third-order valence-electron chi connectivity index (χ3n) is 4.45. The molecule has 4 rings (SSSR count). The summed E-state index contributed by atoms with van der Waals surface area (Å²) in [6, 6.07) is 3.06. The third kappa shape index (κ3) is 4.23. The van der Waals surface area contributed by atoms with Gasteiger partial charge in [0.15, 0.2) is 0 Å². The number of rotatable bonds is 7. The molecular weight excluding hydrogens is 450 g/mol. The topological polar surface area (TPSA) is 99.6 Å². The fourth-order valence-corrected chi connectivity index (χ4v) is 7.18. The number of carbonyl (C=O) groups excluding carboxylic acids is 2. The van der Waals surface area contributed by atoms with Crippen molar-refractivity contribution in [3.63, 3.8) is 0 Å². The number of aliphatic carboxylic acids is 1. The summed E-state index contributed by atoms with van der Waals surface area (Å²) >= 11 is 5.97. The van der Waals surface area contributed by atoms with Gasteiger partial charge >= 0.3 is 5.97 Å². The van der Waals surface area contributed by atoms with Gasteiger partial charge in [-0.3, -0.25) is 14.5 Å². The Balaban J connectivity index is 1.44. The van der Waals surface area contributed by atoms with E-state index in [1.54, 1.807) is 0 Å². The number of thiazole rings is 1. The first-order valence-electron chi connectivity index (χ1n) is 8.70. The molecule has 2 N–H and O–H groups in total. The Hall–Kier alpha value is -1.82. The molecule has 2 aromatic heterocycles. The van der Waals surface area contributed by atoms with Crippen LogP contribution in [0.25, 0.3) is 0 Å². The number of carboxylic acids is 1. The van der Waals surface area contributed by atoms with Crippen molar-refractivity contribution in [2.24, 2.45) is 0 Å². The Morgan fingerprint density at radius 2 is 2.24 bits per heavy atom. The lowest BCUT2D eigenvalue weighted by molar-refractivity contribution is -0.150. The largest absolute Gasteiger partial charge is 0.477 e. The number of aryl methyl sites for hydroxylation is 1. The fourth-order valence-electron chi connectivity index (χ4n) is 3.14. The number of hydrogen-bond donors (Lipinski definition) is 2. The zero-order valence-corrected chi connectivity index (χ0v) is 18.6. The molecule has 2 aromatic rings. The number of fused-ring (bicyclic) bond motifs is 1. The minimum absolute atomic E-state index is 0.0447. The molecule has 11 heteroatoms. The molecule has 0 aromatic carbocycles. The van der Waals surface area contributed by atoms with Gasteiger partial charge in [0.25, 0.3) is 5.91 Å². The lowest BCUT2D eigenvalue weighted by atomic mass is 10.0. The van der Waals surface area contributed by atoms with Crippen molar-refractivity contribution in [2.75, 3.05) is 11.5 Å². The average molecular weight is 468 g/mol. The predicted molar refractivity (Wildman–Crippen MR) is 115 cm³/mol. The number of β-lactam (4-membered cyclic amide) rings is 1. The van der Waals surface area contributed by atoms with E-state index in [1.165, 1.54) is 51.1 Å². The van der Waals surface area contributed by atoms with E-state index >= 15 is 0 Å². The van der Waals surface area contributed by atoms with Crippen LogP contribution in [0.5, 0.6) is 0 Å². The van der Waals surface area contributed by atoms with Gasteiger partial charge in [-0.05, 0) is 23.9 Å². The molecular formula is C18H17N3O4S4. The maximum atomic E-state index is 12.7. The maximum absolute atomic E-state index is 12.7. The molecule has 0 spiro atoms. The van der Waals surface area contributed by atoms with Crippen LogP contribution in [0.15, 0.2) is 38.5 Å². The lowest BCUT2D eigenvalue weighted by Crippen LogP contribution is -2.70. The van der Waals surface area contributed by atoms with Gasteiger partial charge in [-0.15, -0.1) is 34.4 Å². The molecule has 0 saturated carbocycles. The molecule has 0 unspecified atom stereocenters. The number of nitrogens with one attached hydrogen (secondary N) is 1. The highest BCUT2D eigenvalue weighted by molar-refractivity contribution is 8.01. The molecule has 0 aliphatic carbocycles. The van der Waals surface area contributed by atoms with Crippen LogP contribution in [0.2, 0.25) is 0 Å². The number of thioether (sulfide) groups is 2. The van der Waals surface area contributed by atoms with Crippen molar-refractivity contribution in [3.8, 4) is 0 Å². The van der Waals surface area contributed by atoms with Crippen molar-refractivity contribution in [1.82, 2.24) is 15.2 Å². The number of hydrogen-bond acceptors (Lipinski definition) is 8. The molecule has 2 aliphatic heterocycles. The molecule has 2 aliphatic rings. The van der Waals surface area contributed by atoms with E-state index < -0.39 is 12.0 Å². The summed E-state index contributed by atoms with van der Waals surface area (Å²) in [7, 11) is 0. The van der Waals surface area contributed by atoms with Crippen molar-refractivity contribution in [3.05, 3.63) is 44.7 Å². The van der Waals surface area contributed by atoms with E-state index in [4.69, 9.17) is 0 Å². The van der Waals surface area contributed by atoms with Crippen molar-refractivity contribution in [2.45, 2.75) is 29.1 Å². The smallest absolute Gasteiger partial charge is 0.352 e. The summed E-state index contributed by atoms with van der Waals surface area (Å²) < 4.78 is 0.875. The van der Waals surface area contributed by atoms with Crippen LogP contribution in [0.4, 0.5) is 0 Å². The van der Waals surface area contributed by atoms with Gasteiger partial charge in [0, 0.05) is 27.5 Å². The Labute approximate surface area is 183 Å². The molecule has 2 atom stereocenters. The molecule has 1 saturated heterocycles. The molecule has 29 heavy (non-hydrogen) atoms. The van der Waals surface area contributed by atoms with Gasteiger partial charge in [0.1, 0.15) is 21.5 Å². The number of amides is 2. The van der Waals surface area contributed by atoms with Crippen LogP contribution >= 0.6 is 46.2 Å². The Kier molecular flexibility index (Phi) is 6.00. The van der Waals surface area contributed by atoms with Crippen molar-refractivity contribution in [1.29, 1.82) is 0 Å². The highest BCUT2D eigenvalue weighted by Gasteiger charge is 2.54. The molecule has 0 bridgehead atoms. The number of nitrogens with zero attached hydrogens (tertiary/aromatic N) is 2. The van der Waals surface area contributed by atoms with Crippen LogP contribution in [0, 0.1) is 6.92 Å². The van der Waals surface area contributed by atoms with Crippen molar-refractivity contribution >= 4 is 64.0 Å². The summed E-state index contributed by atoms with van der Waals surface area (Å²) in [5, 5.41) is 15.9. The van der Waals surface area contributed by atoms with Gasteiger partial charge in [-0.25, -0.2) is 9.78 Å². The quantitative estimate of drug-likeness (QED) is 0.477. The standard InChI is InChI=1S/C18H17N3O4S4/c1-9-6-28-18(19-9)29-8-10-7-27-16-13(15(23)21(16)14(10)17(24)25)20-12(22)5-11-3-2-4-26-11/h2-4,6,13,16H,5,7-8H2,1H3,(H,20,22)(H,24,25)/t13-,16-/m1/s1. The second kappa shape index (κ2) is 8.50. The molecule has 0 radical (unpaired) electrons. The van der Waals surface area contributed by atoms with Crippen LogP contribution in [0.1, 0.15) is 10.6 Å². The molecule has 7 nitrogen and oxygen atoms in total. The molecule has 1 fully saturated rings. The van der Waals surface area contributed by atoms with E-state index in [2.05, 4.69) is 10.3 Å². The minimum atomic E-state index is -1.11. The first-order chi connectivity index (χ1) is 13.9. The Morgan fingerprint density at radius 1 is 1.41 bits per heavy atom. The number of carbonyl (C=O) groups is 3. The van der Waals surface area contributed by atoms with Crippen LogP contribution < -0.4 is 5.32 Å². The van der Waals surface area contributed by atoms with E-state index in [0.29, 0.717) is 17.1 Å². The zero-order chi connectivity index (χ0) is 20.5. The fraction of sp³-hybridized carbons (Fsp3) is 0.333. The van der Waals surface area contributed by atoms with Crippen LogP contribution in [0.3, 0.4) is 0 Å². The zero-order valence-electron chi connectivity index (χ0n) is 15.3. The maximum Gasteiger partial charge on any atom is 0.352 e. The second-order valence-corrected chi connectivity index (χ2v) is 10.7. The summed E-state index contributed by atoms with van der Waals surface area (Å²) in [4.78, 5) is 43.4. The normalized spacial score (nSPS) is 21.0. The Morgan fingerprint density at radius 3 is 2.90 bits per heavy atom. The van der Waals surface area contributed by atoms with Crippen LogP contribution in [-0.4, -0.2) is 55.7 Å².